The summed E-state index contributed by atoms with van der Waals surface area (Å²) in [5, 5.41) is 22.2. The van der Waals surface area contributed by atoms with Gasteiger partial charge >= 0.3 is 7.12 Å². The molecule has 0 fully saturated rings. The Morgan fingerprint density at radius 3 is 2.89 bits per heavy atom. The molecule has 2 aromatic rings. The van der Waals surface area contributed by atoms with Gasteiger partial charge in [-0.15, -0.1) is 0 Å². The molecule has 5 nitrogen and oxygen atoms in total. The average molecular weight is 250 g/mol. The van der Waals surface area contributed by atoms with Crippen LogP contribution in [0, 0.1) is 5.82 Å². The molecule has 0 aliphatic heterocycles. The summed E-state index contributed by atoms with van der Waals surface area (Å²) in [5.41, 5.74) is 0.00969. The minimum Gasteiger partial charge on any atom is -0.492 e. The van der Waals surface area contributed by atoms with E-state index in [0.717, 1.165) is 6.07 Å². The summed E-state index contributed by atoms with van der Waals surface area (Å²) in [5.74, 6) is -0.295. The summed E-state index contributed by atoms with van der Waals surface area (Å²) in [7, 11) is -1.76. The molecule has 0 radical (unpaired) electrons. The normalized spacial score (nSPS) is 10.4. The zero-order valence-electron chi connectivity index (χ0n) is 9.53. The summed E-state index contributed by atoms with van der Waals surface area (Å²) in [6, 6.07) is 5.40. The Labute approximate surface area is 104 Å². The molecule has 1 heterocycles. The first kappa shape index (κ1) is 12.6. The van der Waals surface area contributed by atoms with Gasteiger partial charge in [0.15, 0.2) is 0 Å². The SMILES string of the molecule is OB(O)c1cc(F)ccc1OCCn1cccn1. The smallest absolute Gasteiger partial charge is 0.492 e. The van der Waals surface area contributed by atoms with E-state index in [4.69, 9.17) is 14.8 Å². The fraction of sp³-hybridized carbons (Fsp3) is 0.182. The first-order valence-corrected chi connectivity index (χ1v) is 5.42. The molecule has 1 aromatic heterocycles. The molecule has 0 bridgehead atoms. The molecule has 94 valence electrons. The molecular formula is C11H12BFN2O3. The summed E-state index contributed by atoms with van der Waals surface area (Å²) in [6.07, 6.45) is 3.44. The molecule has 2 rings (SSSR count). The number of ether oxygens (including phenoxy) is 1. The molecule has 0 saturated carbocycles. The first-order chi connectivity index (χ1) is 8.66. The second-order valence-corrected chi connectivity index (χ2v) is 3.67. The Bertz CT molecular complexity index is 505. The summed E-state index contributed by atoms with van der Waals surface area (Å²) in [6.45, 7) is 0.818. The summed E-state index contributed by atoms with van der Waals surface area (Å²) >= 11 is 0. The third kappa shape index (κ3) is 3.09. The van der Waals surface area contributed by atoms with Crippen molar-refractivity contribution in [2.75, 3.05) is 6.61 Å². The Hall–Kier alpha value is -1.86. The van der Waals surface area contributed by atoms with Crippen LogP contribution in [0.15, 0.2) is 36.7 Å². The van der Waals surface area contributed by atoms with Crippen LogP contribution >= 0.6 is 0 Å². The van der Waals surface area contributed by atoms with Gasteiger partial charge in [0.1, 0.15) is 18.2 Å². The van der Waals surface area contributed by atoms with E-state index >= 15 is 0 Å². The quantitative estimate of drug-likeness (QED) is 0.720. The van der Waals surface area contributed by atoms with Crippen molar-refractivity contribution < 1.29 is 19.2 Å². The van der Waals surface area contributed by atoms with Crippen molar-refractivity contribution in [2.24, 2.45) is 0 Å². The van der Waals surface area contributed by atoms with Crippen LogP contribution in [0.2, 0.25) is 0 Å². The van der Waals surface area contributed by atoms with Crippen LogP contribution in [0.4, 0.5) is 4.39 Å². The minimum absolute atomic E-state index is 0.00969. The largest absolute Gasteiger partial charge is 0.492 e. The van der Waals surface area contributed by atoms with E-state index in [9.17, 15) is 4.39 Å². The van der Waals surface area contributed by atoms with Gasteiger partial charge < -0.3 is 14.8 Å². The van der Waals surface area contributed by atoms with Gasteiger partial charge in [0.25, 0.3) is 0 Å². The van der Waals surface area contributed by atoms with Gasteiger partial charge in [0.2, 0.25) is 0 Å². The predicted molar refractivity (Wildman–Crippen MR) is 63.9 cm³/mol. The molecule has 0 spiro atoms. The van der Waals surface area contributed by atoms with Crippen molar-refractivity contribution in [3.63, 3.8) is 0 Å². The highest BCUT2D eigenvalue weighted by Gasteiger charge is 2.18. The Balaban J connectivity index is 2.00. The van der Waals surface area contributed by atoms with E-state index in [1.165, 1.54) is 12.1 Å². The number of hydrogen-bond acceptors (Lipinski definition) is 4. The third-order valence-corrected chi connectivity index (χ3v) is 2.39. The van der Waals surface area contributed by atoms with Crippen LogP contribution in [-0.4, -0.2) is 33.6 Å². The van der Waals surface area contributed by atoms with Gasteiger partial charge in [-0.1, -0.05) is 0 Å². The molecule has 0 amide bonds. The van der Waals surface area contributed by atoms with Gasteiger partial charge in [-0.3, -0.25) is 4.68 Å². The van der Waals surface area contributed by atoms with Crippen molar-refractivity contribution >= 4 is 12.6 Å². The zero-order chi connectivity index (χ0) is 13.0. The van der Waals surface area contributed by atoms with Crippen LogP contribution in [0.25, 0.3) is 0 Å². The van der Waals surface area contributed by atoms with Crippen LogP contribution < -0.4 is 10.2 Å². The second-order valence-electron chi connectivity index (χ2n) is 3.67. The lowest BCUT2D eigenvalue weighted by Gasteiger charge is -2.11. The van der Waals surface area contributed by atoms with Crippen molar-refractivity contribution in [1.29, 1.82) is 0 Å². The second kappa shape index (κ2) is 5.66. The van der Waals surface area contributed by atoms with Crippen molar-refractivity contribution in [3.05, 3.63) is 42.5 Å². The van der Waals surface area contributed by atoms with Crippen LogP contribution in [0.3, 0.4) is 0 Å². The fourth-order valence-electron chi connectivity index (χ4n) is 1.53. The van der Waals surface area contributed by atoms with E-state index in [1.54, 1.807) is 23.1 Å². The van der Waals surface area contributed by atoms with E-state index in [-0.39, 0.29) is 11.2 Å². The van der Waals surface area contributed by atoms with Crippen LogP contribution in [-0.2, 0) is 6.54 Å². The number of benzene rings is 1. The van der Waals surface area contributed by atoms with E-state index in [0.29, 0.717) is 13.2 Å². The molecular weight excluding hydrogens is 238 g/mol. The highest BCUT2D eigenvalue weighted by atomic mass is 19.1. The van der Waals surface area contributed by atoms with E-state index in [2.05, 4.69) is 5.10 Å². The van der Waals surface area contributed by atoms with E-state index < -0.39 is 12.9 Å². The lowest BCUT2D eigenvalue weighted by atomic mass is 9.79. The standard InChI is InChI=1S/C11H12BFN2O3/c13-9-2-3-11(10(8-9)12(16)17)18-7-6-15-5-1-4-14-15/h1-5,8,16-17H,6-7H2. The Morgan fingerprint density at radius 1 is 1.39 bits per heavy atom. The minimum atomic E-state index is -1.76. The molecule has 7 heteroatoms. The van der Waals surface area contributed by atoms with Crippen molar-refractivity contribution in [2.45, 2.75) is 6.54 Å². The molecule has 0 saturated heterocycles. The van der Waals surface area contributed by atoms with Gasteiger partial charge in [0.05, 0.1) is 6.54 Å². The topological polar surface area (TPSA) is 67.5 Å². The highest BCUT2D eigenvalue weighted by Crippen LogP contribution is 2.09. The number of nitrogens with zero attached hydrogens (tertiary/aromatic N) is 2. The van der Waals surface area contributed by atoms with Gasteiger partial charge in [-0.25, -0.2) is 4.39 Å². The molecule has 0 aliphatic rings. The molecule has 0 atom stereocenters. The maximum atomic E-state index is 13.0. The maximum Gasteiger partial charge on any atom is 0.492 e. The molecule has 0 unspecified atom stereocenters. The number of halogens is 1. The van der Waals surface area contributed by atoms with Gasteiger partial charge in [0, 0.05) is 17.9 Å². The molecule has 0 aliphatic carbocycles. The van der Waals surface area contributed by atoms with Gasteiger partial charge in [-0.2, -0.15) is 5.10 Å². The fourth-order valence-corrected chi connectivity index (χ4v) is 1.53. The van der Waals surface area contributed by atoms with Gasteiger partial charge in [-0.05, 0) is 24.3 Å². The average Bonchev–Trinajstić information content (AvgIpc) is 2.84. The molecule has 1 aromatic carbocycles. The first-order valence-electron chi connectivity index (χ1n) is 5.42. The lowest BCUT2D eigenvalue weighted by Crippen LogP contribution is -2.32. The summed E-state index contributed by atoms with van der Waals surface area (Å²) < 4.78 is 20.0. The highest BCUT2D eigenvalue weighted by molar-refractivity contribution is 6.59. The molecule has 2 N–H and O–H groups in total. The maximum absolute atomic E-state index is 13.0. The van der Waals surface area contributed by atoms with Crippen molar-refractivity contribution in [3.8, 4) is 5.75 Å². The van der Waals surface area contributed by atoms with Crippen LogP contribution in [0.1, 0.15) is 0 Å². The number of rotatable bonds is 5. The summed E-state index contributed by atoms with van der Waals surface area (Å²) in [4.78, 5) is 0. The predicted octanol–water partition coefficient (Wildman–Crippen LogP) is -0.219. The van der Waals surface area contributed by atoms with Crippen LogP contribution in [0.5, 0.6) is 5.75 Å². The van der Waals surface area contributed by atoms with Crippen molar-refractivity contribution in [1.82, 2.24) is 9.78 Å². The zero-order valence-corrected chi connectivity index (χ0v) is 9.53. The number of aromatic nitrogens is 2. The molecule has 18 heavy (non-hydrogen) atoms. The Kier molecular flexibility index (Phi) is 3.96. The Morgan fingerprint density at radius 2 is 2.22 bits per heavy atom. The monoisotopic (exact) mass is 250 g/mol. The number of hydrogen-bond donors (Lipinski definition) is 2. The third-order valence-electron chi connectivity index (χ3n) is 2.39. The lowest BCUT2D eigenvalue weighted by molar-refractivity contribution is 0.291. The van der Waals surface area contributed by atoms with E-state index in [1.807, 2.05) is 0 Å².